The molecule has 0 spiro atoms. The van der Waals surface area contributed by atoms with Crippen molar-refractivity contribution < 1.29 is 4.79 Å². The summed E-state index contributed by atoms with van der Waals surface area (Å²) in [6.45, 7) is 1.97. The molecule has 3 N–H and O–H groups in total. The van der Waals surface area contributed by atoms with E-state index in [0.29, 0.717) is 4.99 Å². The van der Waals surface area contributed by atoms with E-state index >= 15 is 0 Å². The highest BCUT2D eigenvalue weighted by Crippen LogP contribution is 2.25. The van der Waals surface area contributed by atoms with Crippen molar-refractivity contribution in [3.63, 3.8) is 0 Å². The van der Waals surface area contributed by atoms with Crippen molar-refractivity contribution in [3.8, 4) is 0 Å². The average Bonchev–Trinajstić information content (AvgIpc) is 2.26. The number of carbonyl (C=O) groups is 1. The molecular formula is C10H18N2OS2. The summed E-state index contributed by atoms with van der Waals surface area (Å²) in [4.78, 5) is 12.2. The molecule has 0 bridgehead atoms. The van der Waals surface area contributed by atoms with Crippen LogP contribution in [0.15, 0.2) is 0 Å². The highest BCUT2D eigenvalue weighted by molar-refractivity contribution is 8.00. The van der Waals surface area contributed by atoms with Gasteiger partial charge in [0, 0.05) is 0 Å². The van der Waals surface area contributed by atoms with Gasteiger partial charge in [0.15, 0.2) is 0 Å². The van der Waals surface area contributed by atoms with Crippen molar-refractivity contribution in [3.05, 3.63) is 0 Å². The zero-order valence-corrected chi connectivity index (χ0v) is 10.6. The second kappa shape index (κ2) is 6.33. The van der Waals surface area contributed by atoms with E-state index < -0.39 is 0 Å². The molecule has 2 atom stereocenters. The van der Waals surface area contributed by atoms with E-state index in [1.165, 1.54) is 6.42 Å². The summed E-state index contributed by atoms with van der Waals surface area (Å²) in [6, 6.07) is -0.143. The smallest absolute Gasteiger partial charge is 0.233 e. The van der Waals surface area contributed by atoms with Crippen molar-refractivity contribution in [1.82, 2.24) is 5.32 Å². The Morgan fingerprint density at radius 2 is 2.40 bits per heavy atom. The molecule has 1 saturated heterocycles. The van der Waals surface area contributed by atoms with Gasteiger partial charge in [0.05, 0.1) is 16.3 Å². The van der Waals surface area contributed by atoms with Gasteiger partial charge in [0.25, 0.3) is 0 Å². The van der Waals surface area contributed by atoms with Gasteiger partial charge in [0.2, 0.25) is 5.91 Å². The largest absolute Gasteiger partial charge is 0.392 e. The summed E-state index contributed by atoms with van der Waals surface area (Å²) in [5, 5.41) is 3.01. The predicted octanol–water partition coefficient (Wildman–Crippen LogP) is 1.45. The van der Waals surface area contributed by atoms with Gasteiger partial charge < -0.3 is 11.1 Å². The summed E-state index contributed by atoms with van der Waals surface area (Å²) >= 11 is 6.63. The van der Waals surface area contributed by atoms with E-state index in [2.05, 4.69) is 5.32 Å². The van der Waals surface area contributed by atoms with Crippen LogP contribution in [0.25, 0.3) is 0 Å². The van der Waals surface area contributed by atoms with E-state index in [-0.39, 0.29) is 17.2 Å². The number of nitrogens with two attached hydrogens (primary N) is 1. The molecule has 1 aliphatic heterocycles. The maximum absolute atomic E-state index is 11.8. The van der Waals surface area contributed by atoms with Crippen LogP contribution in [0.3, 0.4) is 0 Å². The van der Waals surface area contributed by atoms with Crippen LogP contribution in [-0.2, 0) is 4.79 Å². The number of hydrogen-bond acceptors (Lipinski definition) is 3. The summed E-state index contributed by atoms with van der Waals surface area (Å²) in [5.41, 5.74) is 5.53. The Balaban J connectivity index is 2.42. The van der Waals surface area contributed by atoms with E-state index in [1.807, 2.05) is 6.92 Å². The molecular weight excluding hydrogens is 228 g/mol. The number of thiocarbonyl (C=S) groups is 1. The molecule has 86 valence electrons. The van der Waals surface area contributed by atoms with Crippen LogP contribution in [0.2, 0.25) is 0 Å². The zero-order chi connectivity index (χ0) is 11.3. The molecule has 1 aliphatic rings. The SMILES string of the molecule is CCC(NC(=O)C1CCCCS1)C(N)=S. The second-order valence-electron chi connectivity index (χ2n) is 3.73. The number of rotatable bonds is 4. The molecule has 0 aromatic carbocycles. The second-order valence-corrected chi connectivity index (χ2v) is 5.51. The van der Waals surface area contributed by atoms with E-state index in [9.17, 15) is 4.79 Å². The lowest BCUT2D eigenvalue weighted by molar-refractivity contribution is -0.121. The topological polar surface area (TPSA) is 55.1 Å². The fraction of sp³-hybridized carbons (Fsp3) is 0.800. The minimum atomic E-state index is -0.143. The van der Waals surface area contributed by atoms with Gasteiger partial charge in [0.1, 0.15) is 0 Å². The lowest BCUT2D eigenvalue weighted by atomic mass is 10.1. The van der Waals surface area contributed by atoms with Crippen molar-refractivity contribution in [2.75, 3.05) is 5.75 Å². The van der Waals surface area contributed by atoms with Gasteiger partial charge in [-0.3, -0.25) is 4.79 Å². The Bertz CT molecular complexity index is 240. The average molecular weight is 246 g/mol. The number of nitrogens with one attached hydrogen (secondary N) is 1. The molecule has 5 heteroatoms. The Labute approximate surface area is 101 Å². The van der Waals surface area contributed by atoms with Crippen molar-refractivity contribution in [2.24, 2.45) is 5.73 Å². The quantitative estimate of drug-likeness (QED) is 0.737. The van der Waals surface area contributed by atoms with Gasteiger partial charge >= 0.3 is 0 Å². The van der Waals surface area contributed by atoms with Gasteiger partial charge in [-0.2, -0.15) is 0 Å². The first kappa shape index (κ1) is 12.8. The molecule has 3 nitrogen and oxygen atoms in total. The lowest BCUT2D eigenvalue weighted by Crippen LogP contribution is -2.46. The molecule has 0 aliphatic carbocycles. The van der Waals surface area contributed by atoms with E-state index in [4.69, 9.17) is 18.0 Å². The molecule has 1 fully saturated rings. The Hall–Kier alpha value is -0.290. The monoisotopic (exact) mass is 246 g/mol. The van der Waals surface area contributed by atoms with Crippen LogP contribution in [0.5, 0.6) is 0 Å². The molecule has 0 saturated carbocycles. The summed E-state index contributed by atoms with van der Waals surface area (Å²) < 4.78 is 0. The normalized spacial score (nSPS) is 23.1. The van der Waals surface area contributed by atoms with Crippen LogP contribution < -0.4 is 11.1 Å². The first-order valence-electron chi connectivity index (χ1n) is 5.36. The fourth-order valence-corrected chi connectivity index (χ4v) is 3.02. The van der Waals surface area contributed by atoms with Crippen LogP contribution in [0.1, 0.15) is 32.6 Å². The summed E-state index contributed by atoms with van der Waals surface area (Å²) in [6.07, 6.45) is 4.11. The number of carbonyl (C=O) groups excluding carboxylic acids is 1. The maximum Gasteiger partial charge on any atom is 0.233 e. The molecule has 0 aromatic heterocycles. The first-order chi connectivity index (χ1) is 7.15. The highest BCUT2D eigenvalue weighted by Gasteiger charge is 2.23. The van der Waals surface area contributed by atoms with E-state index in [1.54, 1.807) is 11.8 Å². The predicted molar refractivity (Wildman–Crippen MR) is 69.1 cm³/mol. The van der Waals surface area contributed by atoms with Gasteiger partial charge in [-0.1, -0.05) is 25.6 Å². The van der Waals surface area contributed by atoms with E-state index in [0.717, 1.165) is 25.0 Å². The third-order valence-corrected chi connectivity index (χ3v) is 4.20. The van der Waals surface area contributed by atoms with Crippen LogP contribution in [-0.4, -0.2) is 27.9 Å². The van der Waals surface area contributed by atoms with Gasteiger partial charge in [-0.25, -0.2) is 0 Å². The molecule has 1 rings (SSSR count). The minimum Gasteiger partial charge on any atom is -0.392 e. The first-order valence-corrected chi connectivity index (χ1v) is 6.82. The summed E-state index contributed by atoms with van der Waals surface area (Å²) in [5.74, 6) is 1.18. The van der Waals surface area contributed by atoms with Gasteiger partial charge in [-0.05, 0) is 25.0 Å². The number of amides is 1. The Kier molecular flexibility index (Phi) is 5.39. The summed E-state index contributed by atoms with van der Waals surface area (Å²) in [7, 11) is 0. The van der Waals surface area contributed by atoms with Gasteiger partial charge in [-0.15, -0.1) is 11.8 Å². The molecule has 2 unspecified atom stereocenters. The van der Waals surface area contributed by atoms with Crippen molar-refractivity contribution >= 4 is 34.9 Å². The third kappa shape index (κ3) is 3.99. The fourth-order valence-electron chi connectivity index (χ4n) is 1.59. The number of thioether (sulfide) groups is 1. The molecule has 0 radical (unpaired) electrons. The van der Waals surface area contributed by atoms with Crippen molar-refractivity contribution in [2.45, 2.75) is 43.9 Å². The number of hydrogen-bond donors (Lipinski definition) is 2. The molecule has 1 heterocycles. The third-order valence-electron chi connectivity index (χ3n) is 2.54. The standard InChI is InChI=1S/C10H18N2OS2/c1-2-7(9(11)14)12-10(13)8-5-3-4-6-15-8/h7-8H,2-6H2,1H3,(H2,11,14)(H,12,13). The Morgan fingerprint density at radius 3 is 2.87 bits per heavy atom. The molecule has 0 aromatic rings. The molecule has 15 heavy (non-hydrogen) atoms. The highest BCUT2D eigenvalue weighted by atomic mass is 32.2. The van der Waals surface area contributed by atoms with Crippen LogP contribution >= 0.6 is 24.0 Å². The molecule has 1 amide bonds. The zero-order valence-electron chi connectivity index (χ0n) is 8.99. The Morgan fingerprint density at radius 1 is 1.67 bits per heavy atom. The van der Waals surface area contributed by atoms with Crippen LogP contribution in [0.4, 0.5) is 0 Å². The van der Waals surface area contributed by atoms with Crippen molar-refractivity contribution in [1.29, 1.82) is 0 Å². The lowest BCUT2D eigenvalue weighted by Gasteiger charge is -2.23. The maximum atomic E-state index is 11.8. The van der Waals surface area contributed by atoms with Crippen LogP contribution in [0, 0.1) is 0 Å². The minimum absolute atomic E-state index is 0.0966.